The molecule has 0 unspecified atom stereocenters. The predicted octanol–water partition coefficient (Wildman–Crippen LogP) is 3.29. The number of azide groups is 1. The van der Waals surface area contributed by atoms with Crippen molar-refractivity contribution in [2.75, 3.05) is 0 Å². The quantitative estimate of drug-likeness (QED) is 0.344. The van der Waals surface area contributed by atoms with Gasteiger partial charge in [0.1, 0.15) is 11.4 Å². The molecule has 112 valence electrons. The van der Waals surface area contributed by atoms with Crippen LogP contribution in [0.1, 0.15) is 36.7 Å². The first-order valence-corrected chi connectivity index (χ1v) is 7.04. The van der Waals surface area contributed by atoms with E-state index in [1.165, 1.54) is 0 Å². The van der Waals surface area contributed by atoms with Gasteiger partial charge < -0.3 is 4.74 Å². The molecule has 0 aromatic heterocycles. The normalized spacial score (nSPS) is 25.8. The number of Topliss-reactive ketones (excluding diaryl/α,β-unsaturated/α-hetero) is 2. The summed E-state index contributed by atoms with van der Waals surface area (Å²) >= 11 is 0. The number of fused-ring (bicyclic) bond motifs is 2. The molecular weight excluding hydrogens is 282 g/mol. The van der Waals surface area contributed by atoms with Gasteiger partial charge in [-0.25, -0.2) is 0 Å². The summed E-state index contributed by atoms with van der Waals surface area (Å²) in [6, 6.07) is 6.12. The van der Waals surface area contributed by atoms with Crippen LogP contribution in [0.2, 0.25) is 0 Å². The zero-order valence-electron chi connectivity index (χ0n) is 12.5. The highest BCUT2D eigenvalue weighted by molar-refractivity contribution is 6.52. The lowest BCUT2D eigenvalue weighted by Gasteiger charge is -2.43. The van der Waals surface area contributed by atoms with Crippen LogP contribution in [0.25, 0.3) is 16.2 Å². The second-order valence-corrected chi connectivity index (χ2v) is 6.09. The fourth-order valence-electron chi connectivity index (χ4n) is 2.95. The maximum atomic E-state index is 12.5. The number of hydrogen-bond acceptors (Lipinski definition) is 4. The summed E-state index contributed by atoms with van der Waals surface area (Å²) in [5, 5.41) is 3.77. The molecular formula is C16H15N3O3. The van der Waals surface area contributed by atoms with Gasteiger partial charge in [-0.15, -0.1) is 0 Å². The first kappa shape index (κ1) is 14.4. The summed E-state index contributed by atoms with van der Waals surface area (Å²) in [5.74, 6) is -1.10. The Hall–Kier alpha value is -2.59. The number of benzene rings is 1. The molecule has 2 aliphatic rings. The van der Waals surface area contributed by atoms with Gasteiger partial charge in [-0.1, -0.05) is 36.3 Å². The first-order chi connectivity index (χ1) is 10.4. The van der Waals surface area contributed by atoms with Crippen molar-refractivity contribution >= 4 is 17.3 Å². The number of ketones is 2. The molecule has 1 aliphatic heterocycles. The Bertz CT molecular complexity index is 773. The van der Waals surface area contributed by atoms with Crippen molar-refractivity contribution in [3.05, 3.63) is 51.4 Å². The Morgan fingerprint density at radius 1 is 1.18 bits per heavy atom. The standard InChI is InChI=1S/C16H15N3O3/c1-8-12(18-19-17)11-14(21)13(20)9-6-4-5-7-10(9)15(11)22-16(8,2)3/h4-8,12H,1-3H3/t8-,12-/m1/s1. The lowest BCUT2D eigenvalue weighted by atomic mass is 9.74. The van der Waals surface area contributed by atoms with Crippen LogP contribution in [-0.2, 0) is 9.53 Å². The van der Waals surface area contributed by atoms with Crippen LogP contribution in [0.4, 0.5) is 0 Å². The lowest BCUT2D eigenvalue weighted by molar-refractivity contribution is -0.113. The van der Waals surface area contributed by atoms with Gasteiger partial charge in [0.2, 0.25) is 11.6 Å². The van der Waals surface area contributed by atoms with Crippen LogP contribution in [0.5, 0.6) is 0 Å². The molecule has 3 rings (SSSR count). The molecule has 1 aromatic carbocycles. The van der Waals surface area contributed by atoms with E-state index in [1.807, 2.05) is 20.8 Å². The number of rotatable bonds is 1. The van der Waals surface area contributed by atoms with E-state index >= 15 is 0 Å². The minimum Gasteiger partial charge on any atom is -0.486 e. The number of carbonyl (C=O) groups excluding carboxylic acids is 2. The van der Waals surface area contributed by atoms with Crippen molar-refractivity contribution in [2.45, 2.75) is 32.4 Å². The van der Waals surface area contributed by atoms with Crippen molar-refractivity contribution < 1.29 is 14.3 Å². The minimum atomic E-state index is -0.714. The van der Waals surface area contributed by atoms with Gasteiger partial charge in [-0.2, -0.15) is 0 Å². The van der Waals surface area contributed by atoms with Gasteiger partial charge in [0.15, 0.2) is 0 Å². The third kappa shape index (κ3) is 1.84. The lowest BCUT2D eigenvalue weighted by Crippen LogP contribution is -2.47. The molecule has 0 amide bonds. The van der Waals surface area contributed by atoms with Crippen LogP contribution in [-0.4, -0.2) is 23.2 Å². The molecule has 0 saturated heterocycles. The molecule has 1 heterocycles. The van der Waals surface area contributed by atoms with Crippen molar-refractivity contribution in [2.24, 2.45) is 11.0 Å². The van der Waals surface area contributed by atoms with E-state index in [-0.39, 0.29) is 11.5 Å². The highest BCUT2D eigenvalue weighted by Crippen LogP contribution is 2.45. The van der Waals surface area contributed by atoms with Crippen LogP contribution >= 0.6 is 0 Å². The SMILES string of the molecule is C[C@@H]1[C@@H](N=[N+]=[N-])C2=C(OC1(C)C)c1ccccc1C(=O)C2=O. The molecule has 2 atom stereocenters. The zero-order valence-corrected chi connectivity index (χ0v) is 12.5. The van der Waals surface area contributed by atoms with E-state index in [9.17, 15) is 9.59 Å². The third-order valence-electron chi connectivity index (χ3n) is 4.52. The molecule has 6 heteroatoms. The van der Waals surface area contributed by atoms with E-state index in [0.717, 1.165) is 0 Å². The van der Waals surface area contributed by atoms with Crippen LogP contribution < -0.4 is 0 Å². The van der Waals surface area contributed by atoms with E-state index in [1.54, 1.807) is 24.3 Å². The number of ether oxygens (including phenoxy) is 1. The van der Waals surface area contributed by atoms with Crippen molar-refractivity contribution in [1.82, 2.24) is 0 Å². The van der Waals surface area contributed by atoms with Gasteiger partial charge in [0, 0.05) is 22.0 Å². The van der Waals surface area contributed by atoms with Crippen molar-refractivity contribution in [3.63, 3.8) is 0 Å². The molecule has 1 aromatic rings. The summed E-state index contributed by atoms with van der Waals surface area (Å²) < 4.78 is 6.04. The smallest absolute Gasteiger partial charge is 0.234 e. The molecule has 0 radical (unpaired) electrons. The molecule has 0 spiro atoms. The molecule has 6 nitrogen and oxygen atoms in total. The summed E-state index contributed by atoms with van der Waals surface area (Å²) in [7, 11) is 0. The maximum Gasteiger partial charge on any atom is 0.234 e. The largest absolute Gasteiger partial charge is 0.486 e. The molecule has 1 aliphatic carbocycles. The minimum absolute atomic E-state index is 0.174. The van der Waals surface area contributed by atoms with Gasteiger partial charge in [-0.3, -0.25) is 9.59 Å². The maximum absolute atomic E-state index is 12.5. The van der Waals surface area contributed by atoms with Gasteiger partial charge in [0.05, 0.1) is 11.6 Å². The molecule has 0 fully saturated rings. The highest BCUT2D eigenvalue weighted by Gasteiger charge is 2.48. The summed E-state index contributed by atoms with van der Waals surface area (Å²) in [5.41, 5.74) is 9.31. The topological polar surface area (TPSA) is 92.1 Å². The summed E-state index contributed by atoms with van der Waals surface area (Å²) in [4.78, 5) is 27.7. The van der Waals surface area contributed by atoms with E-state index in [0.29, 0.717) is 16.9 Å². The average Bonchev–Trinajstić information content (AvgIpc) is 2.49. The number of nitrogens with zero attached hydrogens (tertiary/aromatic N) is 3. The Kier molecular flexibility index (Phi) is 3.07. The number of carbonyl (C=O) groups is 2. The van der Waals surface area contributed by atoms with E-state index in [2.05, 4.69) is 10.0 Å². The van der Waals surface area contributed by atoms with Crippen molar-refractivity contribution in [1.29, 1.82) is 0 Å². The predicted molar refractivity (Wildman–Crippen MR) is 80.0 cm³/mol. The fraction of sp³-hybridized carbons (Fsp3) is 0.375. The van der Waals surface area contributed by atoms with Crippen LogP contribution in [0.15, 0.2) is 35.0 Å². The number of hydrogen-bond donors (Lipinski definition) is 0. The Labute approximate surface area is 127 Å². The Morgan fingerprint density at radius 3 is 2.45 bits per heavy atom. The van der Waals surface area contributed by atoms with Gasteiger partial charge in [-0.05, 0) is 19.4 Å². The average molecular weight is 297 g/mol. The first-order valence-electron chi connectivity index (χ1n) is 7.04. The van der Waals surface area contributed by atoms with Crippen LogP contribution in [0.3, 0.4) is 0 Å². The van der Waals surface area contributed by atoms with E-state index in [4.69, 9.17) is 10.3 Å². The molecule has 0 saturated carbocycles. The van der Waals surface area contributed by atoms with Gasteiger partial charge >= 0.3 is 0 Å². The van der Waals surface area contributed by atoms with Crippen molar-refractivity contribution in [3.8, 4) is 0 Å². The Balaban J connectivity index is 2.33. The van der Waals surface area contributed by atoms with Crippen LogP contribution in [0, 0.1) is 5.92 Å². The third-order valence-corrected chi connectivity index (χ3v) is 4.52. The monoisotopic (exact) mass is 297 g/mol. The summed E-state index contributed by atoms with van der Waals surface area (Å²) in [6.45, 7) is 5.61. The summed E-state index contributed by atoms with van der Waals surface area (Å²) in [6.07, 6.45) is 0. The second kappa shape index (κ2) is 4.71. The zero-order chi connectivity index (χ0) is 16.1. The Morgan fingerprint density at radius 2 is 1.82 bits per heavy atom. The molecule has 22 heavy (non-hydrogen) atoms. The molecule has 0 N–H and O–H groups in total. The highest BCUT2D eigenvalue weighted by atomic mass is 16.5. The second-order valence-electron chi connectivity index (χ2n) is 6.09. The van der Waals surface area contributed by atoms with Gasteiger partial charge in [0.25, 0.3) is 0 Å². The molecule has 0 bridgehead atoms. The van der Waals surface area contributed by atoms with E-state index < -0.39 is 23.2 Å². The fourth-order valence-corrected chi connectivity index (χ4v) is 2.95.